The van der Waals surface area contributed by atoms with Crippen molar-refractivity contribution >= 4 is 24.2 Å². The second-order valence-corrected chi connectivity index (χ2v) is 7.21. The van der Waals surface area contributed by atoms with E-state index in [2.05, 4.69) is 6.92 Å². The van der Waals surface area contributed by atoms with Crippen molar-refractivity contribution in [2.45, 2.75) is 38.8 Å². The van der Waals surface area contributed by atoms with Gasteiger partial charge in [0.2, 0.25) is 11.8 Å². The van der Waals surface area contributed by atoms with Crippen LogP contribution in [0.4, 0.5) is 0 Å². The number of halogens is 1. The Kier molecular flexibility index (Phi) is 6.85. The number of hydrogen-bond donors (Lipinski definition) is 1. The van der Waals surface area contributed by atoms with Gasteiger partial charge in [-0.3, -0.25) is 9.59 Å². The Labute approximate surface area is 155 Å². The lowest BCUT2D eigenvalue weighted by Gasteiger charge is -2.39. The van der Waals surface area contributed by atoms with Crippen LogP contribution in [0.5, 0.6) is 0 Å². The average Bonchev–Trinajstić information content (AvgIpc) is 2.96. The first kappa shape index (κ1) is 19.7. The summed E-state index contributed by atoms with van der Waals surface area (Å²) >= 11 is 0. The molecule has 2 fully saturated rings. The van der Waals surface area contributed by atoms with E-state index in [-0.39, 0.29) is 36.2 Å². The topological polar surface area (TPSA) is 66.6 Å². The minimum Gasteiger partial charge on any atom is -0.338 e. The molecule has 0 saturated carbocycles. The summed E-state index contributed by atoms with van der Waals surface area (Å²) < 4.78 is 0. The molecule has 2 N–H and O–H groups in total. The van der Waals surface area contributed by atoms with Gasteiger partial charge in [0, 0.05) is 38.6 Å². The first-order chi connectivity index (χ1) is 11.6. The van der Waals surface area contributed by atoms with Crippen molar-refractivity contribution in [3.05, 3.63) is 35.9 Å². The van der Waals surface area contributed by atoms with E-state index in [1.165, 1.54) is 0 Å². The van der Waals surface area contributed by atoms with Crippen molar-refractivity contribution in [1.82, 2.24) is 9.80 Å². The third-order valence-electron chi connectivity index (χ3n) is 5.31. The molecule has 1 aromatic rings. The van der Waals surface area contributed by atoms with Gasteiger partial charge in [-0.15, -0.1) is 12.4 Å². The summed E-state index contributed by atoms with van der Waals surface area (Å²) in [4.78, 5) is 29.0. The van der Waals surface area contributed by atoms with E-state index in [1.54, 1.807) is 0 Å². The van der Waals surface area contributed by atoms with Gasteiger partial charge in [-0.05, 0) is 24.3 Å². The number of likely N-dealkylation sites (tertiary alicyclic amines) is 2. The van der Waals surface area contributed by atoms with E-state index in [1.807, 2.05) is 40.1 Å². The Morgan fingerprint density at radius 2 is 2.00 bits per heavy atom. The van der Waals surface area contributed by atoms with Gasteiger partial charge < -0.3 is 15.5 Å². The molecule has 138 valence electrons. The first-order valence-corrected chi connectivity index (χ1v) is 8.90. The largest absolute Gasteiger partial charge is 0.338 e. The number of carbonyl (C=O) groups is 2. The molecule has 3 unspecified atom stereocenters. The predicted octanol–water partition coefficient (Wildman–Crippen LogP) is 2.04. The van der Waals surface area contributed by atoms with Crippen LogP contribution in [0.25, 0.3) is 0 Å². The Balaban J connectivity index is 0.00000225. The lowest BCUT2D eigenvalue weighted by Crippen LogP contribution is -2.51. The summed E-state index contributed by atoms with van der Waals surface area (Å²) in [6.07, 6.45) is 2.32. The van der Waals surface area contributed by atoms with E-state index in [4.69, 9.17) is 5.73 Å². The molecule has 3 atom stereocenters. The van der Waals surface area contributed by atoms with Crippen LogP contribution in [0.15, 0.2) is 30.3 Å². The maximum atomic E-state index is 12.9. The minimum atomic E-state index is -0.219. The highest BCUT2D eigenvalue weighted by atomic mass is 35.5. The number of nitrogens with zero attached hydrogens (tertiary/aromatic N) is 2. The number of piperidine rings is 1. The number of amides is 2. The number of hydrogen-bond acceptors (Lipinski definition) is 3. The summed E-state index contributed by atoms with van der Waals surface area (Å²) in [6, 6.07) is 10.1. The summed E-state index contributed by atoms with van der Waals surface area (Å²) in [5.41, 5.74) is 6.98. The zero-order valence-corrected chi connectivity index (χ0v) is 15.6. The third kappa shape index (κ3) is 4.53. The fourth-order valence-electron chi connectivity index (χ4n) is 3.89. The molecule has 0 aromatic heterocycles. The Morgan fingerprint density at radius 1 is 1.28 bits per heavy atom. The number of benzene rings is 1. The van der Waals surface area contributed by atoms with Crippen molar-refractivity contribution in [3.8, 4) is 0 Å². The maximum absolute atomic E-state index is 12.9. The Morgan fingerprint density at radius 3 is 2.68 bits per heavy atom. The quantitative estimate of drug-likeness (QED) is 0.887. The Hall–Kier alpha value is -1.59. The smallest absolute Gasteiger partial charge is 0.228 e. The summed E-state index contributed by atoms with van der Waals surface area (Å²) in [6.45, 7) is 4.59. The van der Waals surface area contributed by atoms with E-state index < -0.39 is 0 Å². The number of nitrogens with two attached hydrogens (primary N) is 1. The van der Waals surface area contributed by atoms with Crippen LogP contribution >= 0.6 is 12.4 Å². The fourth-order valence-corrected chi connectivity index (χ4v) is 3.89. The second kappa shape index (κ2) is 8.68. The monoisotopic (exact) mass is 365 g/mol. The maximum Gasteiger partial charge on any atom is 0.228 e. The molecule has 2 heterocycles. The molecule has 0 aliphatic carbocycles. The van der Waals surface area contributed by atoms with Crippen LogP contribution in [-0.2, 0) is 16.1 Å². The highest BCUT2D eigenvalue weighted by Gasteiger charge is 2.39. The van der Waals surface area contributed by atoms with Crippen molar-refractivity contribution in [2.24, 2.45) is 17.6 Å². The van der Waals surface area contributed by atoms with Gasteiger partial charge in [-0.1, -0.05) is 37.3 Å². The summed E-state index contributed by atoms with van der Waals surface area (Å²) in [7, 11) is 0. The number of carbonyl (C=O) groups excluding carboxylic acids is 2. The van der Waals surface area contributed by atoms with E-state index in [9.17, 15) is 9.59 Å². The molecule has 3 rings (SSSR count). The van der Waals surface area contributed by atoms with Gasteiger partial charge in [0.25, 0.3) is 0 Å². The summed E-state index contributed by atoms with van der Waals surface area (Å²) in [5.74, 6) is 0.583. The van der Waals surface area contributed by atoms with Crippen LogP contribution in [-0.4, -0.2) is 47.3 Å². The van der Waals surface area contributed by atoms with Gasteiger partial charge in [-0.2, -0.15) is 0 Å². The molecule has 2 aliphatic rings. The van der Waals surface area contributed by atoms with E-state index in [0.717, 1.165) is 24.9 Å². The molecule has 2 amide bonds. The molecule has 1 aromatic carbocycles. The zero-order valence-electron chi connectivity index (χ0n) is 14.8. The van der Waals surface area contributed by atoms with E-state index >= 15 is 0 Å². The van der Waals surface area contributed by atoms with Gasteiger partial charge >= 0.3 is 0 Å². The van der Waals surface area contributed by atoms with Crippen molar-refractivity contribution < 1.29 is 9.59 Å². The van der Waals surface area contributed by atoms with Crippen molar-refractivity contribution in [2.75, 3.05) is 19.6 Å². The molecule has 0 bridgehead atoms. The lowest BCUT2D eigenvalue weighted by molar-refractivity contribution is -0.139. The Bertz CT molecular complexity index is 596. The molecule has 25 heavy (non-hydrogen) atoms. The van der Waals surface area contributed by atoms with Gasteiger partial charge in [0.1, 0.15) is 0 Å². The molecule has 0 radical (unpaired) electrons. The van der Waals surface area contributed by atoms with Crippen molar-refractivity contribution in [3.63, 3.8) is 0 Å². The highest BCUT2D eigenvalue weighted by molar-refractivity contribution is 5.89. The first-order valence-electron chi connectivity index (χ1n) is 8.90. The minimum absolute atomic E-state index is 0. The van der Waals surface area contributed by atoms with Gasteiger partial charge in [0.15, 0.2) is 0 Å². The summed E-state index contributed by atoms with van der Waals surface area (Å²) in [5, 5.41) is 0. The molecule has 5 nitrogen and oxygen atoms in total. The zero-order chi connectivity index (χ0) is 17.1. The fraction of sp³-hybridized carbons (Fsp3) is 0.579. The number of rotatable bonds is 4. The molecular weight excluding hydrogens is 338 g/mol. The second-order valence-electron chi connectivity index (χ2n) is 7.21. The molecule has 2 aliphatic heterocycles. The predicted molar refractivity (Wildman–Crippen MR) is 100 cm³/mol. The van der Waals surface area contributed by atoms with E-state index in [0.29, 0.717) is 32.0 Å². The lowest BCUT2D eigenvalue weighted by atomic mass is 9.91. The van der Waals surface area contributed by atoms with Crippen molar-refractivity contribution in [1.29, 1.82) is 0 Å². The van der Waals surface area contributed by atoms with Gasteiger partial charge in [0.05, 0.1) is 5.92 Å². The van der Waals surface area contributed by atoms with Crippen LogP contribution in [0.2, 0.25) is 0 Å². The van der Waals surface area contributed by atoms with Crippen LogP contribution in [0.1, 0.15) is 31.7 Å². The molecule has 2 saturated heterocycles. The molecule has 6 heteroatoms. The molecule has 0 spiro atoms. The van der Waals surface area contributed by atoms with Crippen LogP contribution < -0.4 is 5.73 Å². The SMILES string of the molecule is CC1CCN(C(=O)C2CC(=O)N(Cc3ccccc3)C2)C(CN)C1.Cl. The standard InChI is InChI=1S/C19H27N3O2.ClH/c1-14-7-8-22(17(9-14)11-20)19(24)16-10-18(23)21(13-16)12-15-5-3-2-4-6-15;/h2-6,14,16-17H,7-13,20H2,1H3;1H. The van der Waals surface area contributed by atoms with Gasteiger partial charge in [-0.25, -0.2) is 0 Å². The normalized spacial score (nSPS) is 26.5. The average molecular weight is 366 g/mol. The highest BCUT2D eigenvalue weighted by Crippen LogP contribution is 2.27. The molecular formula is C19H28ClN3O2. The van der Waals surface area contributed by atoms with Crippen LogP contribution in [0.3, 0.4) is 0 Å². The third-order valence-corrected chi connectivity index (χ3v) is 5.31. The van der Waals surface area contributed by atoms with Crippen LogP contribution in [0, 0.1) is 11.8 Å².